The summed E-state index contributed by atoms with van der Waals surface area (Å²) in [4.78, 5) is 12.0. The Hall–Kier alpha value is -2.17. The van der Waals surface area contributed by atoms with Crippen molar-refractivity contribution in [2.24, 2.45) is 0 Å². The van der Waals surface area contributed by atoms with E-state index < -0.39 is 0 Å². The zero-order chi connectivity index (χ0) is 15.2. The predicted molar refractivity (Wildman–Crippen MR) is 80.3 cm³/mol. The summed E-state index contributed by atoms with van der Waals surface area (Å²) in [5.41, 5.74) is 2.18. The van der Waals surface area contributed by atoms with Crippen molar-refractivity contribution < 1.29 is 19.0 Å². The van der Waals surface area contributed by atoms with Gasteiger partial charge in [0.05, 0.1) is 25.5 Å². The number of esters is 1. The van der Waals surface area contributed by atoms with Crippen LogP contribution in [0.15, 0.2) is 23.9 Å². The second-order valence-corrected chi connectivity index (χ2v) is 4.78. The van der Waals surface area contributed by atoms with Gasteiger partial charge in [0, 0.05) is 6.54 Å². The lowest BCUT2D eigenvalue weighted by atomic mass is 10.0. The summed E-state index contributed by atoms with van der Waals surface area (Å²) >= 11 is 0. The smallest absolute Gasteiger partial charge is 0.341 e. The molecule has 21 heavy (non-hydrogen) atoms. The van der Waals surface area contributed by atoms with Crippen LogP contribution in [0.1, 0.15) is 25.3 Å². The molecule has 1 aromatic rings. The number of hydrogen-bond donors (Lipinski definition) is 1. The van der Waals surface area contributed by atoms with Crippen molar-refractivity contribution in [2.75, 3.05) is 27.4 Å². The highest BCUT2D eigenvalue weighted by Gasteiger charge is 2.26. The number of carbonyl (C=O) groups is 1. The SMILES string of the molecule is CCCCNC1=C(c2ccc(OC)c(OC)c2)C(=O)OC1. The van der Waals surface area contributed by atoms with E-state index in [4.69, 9.17) is 14.2 Å². The zero-order valence-corrected chi connectivity index (χ0v) is 12.7. The van der Waals surface area contributed by atoms with Crippen LogP contribution in [0.3, 0.4) is 0 Å². The number of benzene rings is 1. The minimum absolute atomic E-state index is 0.298. The third-order valence-corrected chi connectivity index (χ3v) is 3.39. The summed E-state index contributed by atoms with van der Waals surface area (Å²) < 4.78 is 15.6. The minimum atomic E-state index is -0.304. The van der Waals surface area contributed by atoms with Gasteiger partial charge in [-0.05, 0) is 24.1 Å². The fraction of sp³-hybridized carbons (Fsp3) is 0.438. The normalized spacial score (nSPS) is 14.1. The highest BCUT2D eigenvalue weighted by Crippen LogP contribution is 2.33. The Bertz CT molecular complexity index is 551. The fourth-order valence-corrected chi connectivity index (χ4v) is 2.24. The first-order valence-corrected chi connectivity index (χ1v) is 7.07. The Balaban J connectivity index is 2.32. The number of rotatable bonds is 7. The number of unbranched alkanes of at least 4 members (excludes halogenated alkanes) is 1. The fourth-order valence-electron chi connectivity index (χ4n) is 2.24. The lowest BCUT2D eigenvalue weighted by molar-refractivity contribution is -0.134. The lowest BCUT2D eigenvalue weighted by Gasteiger charge is -2.11. The molecule has 0 saturated carbocycles. The molecule has 0 unspecified atom stereocenters. The molecule has 1 aliphatic heterocycles. The topological polar surface area (TPSA) is 56.8 Å². The summed E-state index contributed by atoms with van der Waals surface area (Å²) in [5.74, 6) is 0.921. The molecule has 0 aromatic heterocycles. The number of methoxy groups -OCH3 is 2. The second-order valence-electron chi connectivity index (χ2n) is 4.78. The van der Waals surface area contributed by atoms with Crippen LogP contribution in [0.4, 0.5) is 0 Å². The molecule has 1 aliphatic rings. The van der Waals surface area contributed by atoms with Crippen LogP contribution in [0.2, 0.25) is 0 Å². The van der Waals surface area contributed by atoms with E-state index >= 15 is 0 Å². The van der Waals surface area contributed by atoms with Crippen molar-refractivity contribution in [1.82, 2.24) is 5.32 Å². The van der Waals surface area contributed by atoms with E-state index in [2.05, 4.69) is 12.2 Å². The molecular formula is C16H21NO4. The van der Waals surface area contributed by atoms with E-state index in [9.17, 15) is 4.79 Å². The van der Waals surface area contributed by atoms with Crippen LogP contribution in [-0.2, 0) is 9.53 Å². The van der Waals surface area contributed by atoms with E-state index in [1.165, 1.54) is 0 Å². The summed E-state index contributed by atoms with van der Waals surface area (Å²) in [6.07, 6.45) is 2.15. The number of carbonyl (C=O) groups excluding carboxylic acids is 1. The summed E-state index contributed by atoms with van der Waals surface area (Å²) in [7, 11) is 3.15. The van der Waals surface area contributed by atoms with Gasteiger partial charge in [0.25, 0.3) is 0 Å². The van der Waals surface area contributed by atoms with E-state index in [-0.39, 0.29) is 5.97 Å². The molecule has 0 saturated heterocycles. The van der Waals surface area contributed by atoms with Crippen LogP contribution < -0.4 is 14.8 Å². The second kappa shape index (κ2) is 7.02. The van der Waals surface area contributed by atoms with E-state index in [0.717, 1.165) is 30.6 Å². The number of cyclic esters (lactones) is 1. The van der Waals surface area contributed by atoms with Crippen molar-refractivity contribution in [3.63, 3.8) is 0 Å². The number of hydrogen-bond acceptors (Lipinski definition) is 5. The Morgan fingerprint density at radius 1 is 1.24 bits per heavy atom. The Kier molecular flexibility index (Phi) is 5.09. The maximum atomic E-state index is 12.0. The van der Waals surface area contributed by atoms with E-state index in [1.54, 1.807) is 26.4 Å². The van der Waals surface area contributed by atoms with Crippen LogP contribution in [0, 0.1) is 0 Å². The maximum Gasteiger partial charge on any atom is 0.341 e. The molecule has 0 fully saturated rings. The van der Waals surface area contributed by atoms with Gasteiger partial charge in [-0.3, -0.25) is 0 Å². The molecular weight excluding hydrogens is 270 g/mol. The van der Waals surface area contributed by atoms with Crippen LogP contribution >= 0.6 is 0 Å². The van der Waals surface area contributed by atoms with Crippen LogP contribution in [0.5, 0.6) is 11.5 Å². The molecule has 2 rings (SSSR count). The van der Waals surface area contributed by atoms with Crippen molar-refractivity contribution >= 4 is 11.5 Å². The summed E-state index contributed by atoms with van der Waals surface area (Å²) in [6.45, 7) is 3.26. The van der Waals surface area contributed by atoms with Gasteiger partial charge >= 0.3 is 5.97 Å². The van der Waals surface area contributed by atoms with Crippen molar-refractivity contribution in [3.8, 4) is 11.5 Å². The van der Waals surface area contributed by atoms with Crippen molar-refractivity contribution in [2.45, 2.75) is 19.8 Å². The van der Waals surface area contributed by atoms with Crippen LogP contribution in [-0.4, -0.2) is 33.3 Å². The molecule has 0 radical (unpaired) electrons. The highest BCUT2D eigenvalue weighted by atomic mass is 16.5. The molecule has 5 nitrogen and oxygen atoms in total. The minimum Gasteiger partial charge on any atom is -0.493 e. The van der Waals surface area contributed by atoms with Gasteiger partial charge in [0.15, 0.2) is 11.5 Å². The first-order chi connectivity index (χ1) is 10.2. The van der Waals surface area contributed by atoms with Crippen LogP contribution in [0.25, 0.3) is 5.57 Å². The molecule has 1 aromatic carbocycles. The zero-order valence-electron chi connectivity index (χ0n) is 12.7. The van der Waals surface area contributed by atoms with Gasteiger partial charge in [-0.15, -0.1) is 0 Å². The highest BCUT2D eigenvalue weighted by molar-refractivity contribution is 6.19. The molecule has 0 bridgehead atoms. The van der Waals surface area contributed by atoms with E-state index in [1.807, 2.05) is 6.07 Å². The van der Waals surface area contributed by atoms with Gasteiger partial charge in [-0.1, -0.05) is 19.4 Å². The average Bonchev–Trinajstić information content (AvgIpc) is 2.87. The van der Waals surface area contributed by atoms with Gasteiger partial charge in [-0.2, -0.15) is 0 Å². The standard InChI is InChI=1S/C16H21NO4/c1-4-5-8-17-12-10-21-16(18)15(12)11-6-7-13(19-2)14(9-11)20-3/h6-7,9,17H,4-5,8,10H2,1-3H3. The Morgan fingerprint density at radius 3 is 2.67 bits per heavy atom. The number of nitrogens with one attached hydrogen (secondary N) is 1. The Morgan fingerprint density at radius 2 is 2.00 bits per heavy atom. The molecule has 0 aliphatic carbocycles. The predicted octanol–water partition coefficient (Wildman–Crippen LogP) is 2.36. The van der Waals surface area contributed by atoms with Crippen molar-refractivity contribution in [1.29, 1.82) is 0 Å². The first kappa shape index (κ1) is 15.2. The molecule has 0 spiro atoms. The van der Waals surface area contributed by atoms with Gasteiger partial charge < -0.3 is 19.5 Å². The molecule has 0 atom stereocenters. The lowest BCUT2D eigenvalue weighted by Crippen LogP contribution is -2.16. The quantitative estimate of drug-likeness (QED) is 0.617. The third kappa shape index (κ3) is 3.29. The molecule has 5 heteroatoms. The van der Waals surface area contributed by atoms with Gasteiger partial charge in [-0.25, -0.2) is 4.79 Å². The monoisotopic (exact) mass is 291 g/mol. The van der Waals surface area contributed by atoms with E-state index in [0.29, 0.717) is 23.7 Å². The molecule has 114 valence electrons. The molecule has 1 N–H and O–H groups in total. The Labute approximate surface area is 124 Å². The molecule has 0 amide bonds. The largest absolute Gasteiger partial charge is 0.493 e. The van der Waals surface area contributed by atoms with Gasteiger partial charge in [0.2, 0.25) is 0 Å². The maximum absolute atomic E-state index is 12.0. The summed E-state index contributed by atoms with van der Waals surface area (Å²) in [6, 6.07) is 5.42. The van der Waals surface area contributed by atoms with Crippen molar-refractivity contribution in [3.05, 3.63) is 29.5 Å². The number of ether oxygens (including phenoxy) is 3. The first-order valence-electron chi connectivity index (χ1n) is 7.07. The molecule has 1 heterocycles. The summed E-state index contributed by atoms with van der Waals surface area (Å²) in [5, 5.41) is 3.29. The van der Waals surface area contributed by atoms with Gasteiger partial charge in [0.1, 0.15) is 6.61 Å². The third-order valence-electron chi connectivity index (χ3n) is 3.39. The average molecular weight is 291 g/mol.